The van der Waals surface area contributed by atoms with Crippen LogP contribution in [0.25, 0.3) is 0 Å². The summed E-state index contributed by atoms with van der Waals surface area (Å²) < 4.78 is 0. The van der Waals surface area contributed by atoms with Gasteiger partial charge >= 0.3 is 5.97 Å². The molecule has 120 valence electrons. The van der Waals surface area contributed by atoms with E-state index in [9.17, 15) is 9.59 Å². The molecule has 0 atom stereocenters. The number of carboxylic acids is 1. The van der Waals surface area contributed by atoms with Crippen LogP contribution >= 0.6 is 0 Å². The van der Waals surface area contributed by atoms with Crippen molar-refractivity contribution < 1.29 is 14.7 Å². The van der Waals surface area contributed by atoms with Gasteiger partial charge in [0.15, 0.2) is 0 Å². The third-order valence-corrected chi connectivity index (χ3v) is 3.26. The van der Waals surface area contributed by atoms with E-state index in [1.165, 1.54) is 0 Å². The minimum atomic E-state index is -0.880. The lowest BCUT2D eigenvalue weighted by atomic mass is 10.1. The number of hydrogen-bond acceptors (Lipinski definition) is 3. The molecular formula is C17H24N2O3. The molecule has 2 N–H and O–H groups in total. The van der Waals surface area contributed by atoms with Crippen molar-refractivity contribution >= 4 is 17.6 Å². The van der Waals surface area contributed by atoms with Crippen LogP contribution in [0.3, 0.4) is 0 Å². The highest BCUT2D eigenvalue weighted by molar-refractivity contribution is 6.02. The van der Waals surface area contributed by atoms with Gasteiger partial charge in [0, 0.05) is 12.8 Å². The number of hydrazone groups is 1. The summed E-state index contributed by atoms with van der Waals surface area (Å²) >= 11 is 0. The van der Waals surface area contributed by atoms with E-state index in [-0.39, 0.29) is 18.7 Å². The number of carboxylic acid groups (broad SMARTS) is 1. The number of carbonyl (C=O) groups excluding carboxylic acids is 1. The molecule has 1 aromatic rings. The molecule has 1 aromatic carbocycles. The smallest absolute Gasteiger partial charge is 0.303 e. The Kier molecular flexibility index (Phi) is 8.57. The molecule has 0 aliphatic rings. The van der Waals surface area contributed by atoms with Crippen LogP contribution in [0.4, 0.5) is 0 Å². The fraction of sp³-hybridized carbons (Fsp3) is 0.471. The first-order chi connectivity index (χ1) is 10.6. The lowest BCUT2D eigenvalue weighted by Crippen LogP contribution is -2.20. The highest BCUT2D eigenvalue weighted by Crippen LogP contribution is 2.07. The molecule has 0 aliphatic carbocycles. The fourth-order valence-electron chi connectivity index (χ4n) is 2.02. The number of carbonyl (C=O) groups is 2. The summed E-state index contributed by atoms with van der Waals surface area (Å²) in [7, 11) is 0. The third-order valence-electron chi connectivity index (χ3n) is 3.26. The zero-order valence-corrected chi connectivity index (χ0v) is 13.0. The second-order valence-electron chi connectivity index (χ2n) is 5.16. The lowest BCUT2D eigenvalue weighted by Gasteiger charge is -2.06. The van der Waals surface area contributed by atoms with Crippen molar-refractivity contribution in [3.63, 3.8) is 0 Å². The summed E-state index contributed by atoms with van der Waals surface area (Å²) in [6.45, 7) is 2.12. The number of aliphatic carboxylic acids is 1. The highest BCUT2D eigenvalue weighted by atomic mass is 16.4. The monoisotopic (exact) mass is 304 g/mol. The second kappa shape index (κ2) is 10.5. The molecule has 5 heteroatoms. The largest absolute Gasteiger partial charge is 0.481 e. The first kappa shape index (κ1) is 17.9. The van der Waals surface area contributed by atoms with E-state index in [0.717, 1.165) is 31.2 Å². The second-order valence-corrected chi connectivity index (χ2v) is 5.16. The number of hydrogen-bond donors (Lipinski definition) is 2. The van der Waals surface area contributed by atoms with E-state index in [4.69, 9.17) is 5.11 Å². The number of benzene rings is 1. The summed E-state index contributed by atoms with van der Waals surface area (Å²) in [5, 5.41) is 12.9. The minimum absolute atomic E-state index is 0.0138. The molecule has 1 amide bonds. The predicted molar refractivity (Wildman–Crippen MR) is 86.8 cm³/mol. The number of unbranched alkanes of at least 4 members (excludes halogenated alkanes) is 3. The molecule has 0 radical (unpaired) electrons. The van der Waals surface area contributed by atoms with Crippen LogP contribution in [-0.4, -0.2) is 22.7 Å². The molecule has 5 nitrogen and oxygen atoms in total. The maximum atomic E-state index is 11.7. The Hall–Kier alpha value is -2.17. The van der Waals surface area contributed by atoms with E-state index >= 15 is 0 Å². The highest BCUT2D eigenvalue weighted by Gasteiger charge is 2.08. The van der Waals surface area contributed by atoms with Gasteiger partial charge < -0.3 is 5.11 Å². The predicted octanol–water partition coefficient (Wildman–Crippen LogP) is 3.34. The SMILES string of the molecule is CCCCCCC(=O)N/N=C(\CCC(=O)O)c1ccccc1. The van der Waals surface area contributed by atoms with Crippen molar-refractivity contribution in [3.8, 4) is 0 Å². The Labute approximate surface area is 131 Å². The van der Waals surface area contributed by atoms with Crippen molar-refractivity contribution in [2.45, 2.75) is 51.9 Å². The van der Waals surface area contributed by atoms with Crippen LogP contribution in [0.2, 0.25) is 0 Å². The number of nitrogens with one attached hydrogen (secondary N) is 1. The van der Waals surface area contributed by atoms with Gasteiger partial charge in [0.2, 0.25) is 5.91 Å². The van der Waals surface area contributed by atoms with Crippen LogP contribution in [0.15, 0.2) is 35.4 Å². The van der Waals surface area contributed by atoms with Crippen LogP contribution in [0.5, 0.6) is 0 Å². The Morgan fingerprint density at radius 1 is 1.05 bits per heavy atom. The van der Waals surface area contributed by atoms with Gasteiger partial charge in [-0.2, -0.15) is 5.10 Å². The van der Waals surface area contributed by atoms with Crippen LogP contribution in [0, 0.1) is 0 Å². The average molecular weight is 304 g/mol. The van der Waals surface area contributed by atoms with Crippen molar-refractivity contribution in [2.24, 2.45) is 5.10 Å². The van der Waals surface area contributed by atoms with Crippen LogP contribution in [0.1, 0.15) is 57.4 Å². The number of nitrogens with zero attached hydrogens (tertiary/aromatic N) is 1. The Morgan fingerprint density at radius 3 is 2.41 bits per heavy atom. The van der Waals surface area contributed by atoms with E-state index in [1.807, 2.05) is 30.3 Å². The minimum Gasteiger partial charge on any atom is -0.481 e. The van der Waals surface area contributed by atoms with E-state index in [0.29, 0.717) is 12.1 Å². The Balaban J connectivity index is 2.58. The normalized spacial score (nSPS) is 11.2. The Bertz CT molecular complexity index is 498. The molecule has 0 aliphatic heterocycles. The number of amides is 1. The lowest BCUT2D eigenvalue weighted by molar-refractivity contribution is -0.136. The topological polar surface area (TPSA) is 78.8 Å². The zero-order valence-electron chi connectivity index (χ0n) is 13.0. The molecule has 0 spiro atoms. The van der Waals surface area contributed by atoms with Gasteiger partial charge in [0.25, 0.3) is 0 Å². The average Bonchev–Trinajstić information content (AvgIpc) is 2.52. The third kappa shape index (κ3) is 7.57. The molecule has 0 saturated carbocycles. The first-order valence-electron chi connectivity index (χ1n) is 7.76. The maximum Gasteiger partial charge on any atom is 0.303 e. The summed E-state index contributed by atoms with van der Waals surface area (Å²) in [4.78, 5) is 22.5. The van der Waals surface area contributed by atoms with Crippen molar-refractivity contribution in [2.75, 3.05) is 0 Å². The van der Waals surface area contributed by atoms with E-state index in [1.54, 1.807) is 0 Å². The van der Waals surface area contributed by atoms with Crippen LogP contribution < -0.4 is 5.43 Å². The molecule has 0 unspecified atom stereocenters. The van der Waals surface area contributed by atoms with Crippen molar-refractivity contribution in [1.82, 2.24) is 5.43 Å². The van der Waals surface area contributed by atoms with E-state index < -0.39 is 5.97 Å². The molecule has 0 bridgehead atoms. The summed E-state index contributed by atoms with van der Waals surface area (Å²) in [6.07, 6.45) is 4.88. The molecule has 1 rings (SSSR count). The van der Waals surface area contributed by atoms with Gasteiger partial charge in [-0.25, -0.2) is 5.43 Å². The van der Waals surface area contributed by atoms with Gasteiger partial charge in [-0.15, -0.1) is 0 Å². The maximum absolute atomic E-state index is 11.7. The number of rotatable bonds is 10. The molecule has 0 fully saturated rings. The van der Waals surface area contributed by atoms with Gasteiger partial charge in [-0.05, 0) is 12.0 Å². The summed E-state index contributed by atoms with van der Waals surface area (Å²) in [5.41, 5.74) is 3.95. The molecule has 0 saturated heterocycles. The first-order valence-corrected chi connectivity index (χ1v) is 7.76. The van der Waals surface area contributed by atoms with Gasteiger partial charge in [0.05, 0.1) is 12.1 Å². The molecule has 0 heterocycles. The van der Waals surface area contributed by atoms with Crippen LogP contribution in [-0.2, 0) is 9.59 Å². The van der Waals surface area contributed by atoms with E-state index in [2.05, 4.69) is 17.5 Å². The standard InChI is InChI=1S/C17H24N2O3/c1-2-3-4-8-11-16(20)19-18-15(12-13-17(21)22)14-9-6-5-7-10-14/h5-7,9-10H,2-4,8,11-13H2,1H3,(H,19,20)(H,21,22)/b18-15+. The quantitative estimate of drug-likeness (QED) is 0.395. The summed E-state index contributed by atoms with van der Waals surface area (Å²) in [6, 6.07) is 9.31. The van der Waals surface area contributed by atoms with Gasteiger partial charge in [-0.1, -0.05) is 56.5 Å². The van der Waals surface area contributed by atoms with Gasteiger partial charge in [-0.3, -0.25) is 9.59 Å². The zero-order chi connectivity index (χ0) is 16.2. The summed E-state index contributed by atoms with van der Waals surface area (Å²) in [5.74, 6) is -1.01. The van der Waals surface area contributed by atoms with Gasteiger partial charge in [0.1, 0.15) is 0 Å². The van der Waals surface area contributed by atoms with Crippen molar-refractivity contribution in [1.29, 1.82) is 0 Å². The molecule has 22 heavy (non-hydrogen) atoms. The fourth-order valence-corrected chi connectivity index (χ4v) is 2.02. The Morgan fingerprint density at radius 2 is 1.77 bits per heavy atom. The molecule has 0 aromatic heterocycles. The molecular weight excluding hydrogens is 280 g/mol. The van der Waals surface area contributed by atoms with Crippen molar-refractivity contribution in [3.05, 3.63) is 35.9 Å².